The van der Waals surface area contributed by atoms with Crippen LogP contribution in [0, 0.1) is 0 Å². The van der Waals surface area contributed by atoms with Gasteiger partial charge in [-0.05, 0) is 41.8 Å². The first-order valence-electron chi connectivity index (χ1n) is 12.4. The minimum absolute atomic E-state index is 0.00105. The standard InChI is InChI=1S/C29H32N2O5/c32-19-20-9-11-21(12-10-20)27-16-26(18-31-14-13-25(33)17-31)35-29(36-27)23-7-4-8-24(15-23)30-28(34)22-5-2-1-3-6-22/h1-12,15,25-27,29,32-33H,13-14,16-19H2,(H,30,34)/t25-,26+,27-,29-/m0/s1. The molecule has 188 valence electrons. The normalized spacial score (nSPS) is 24.5. The number of aliphatic hydroxyl groups is 2. The summed E-state index contributed by atoms with van der Waals surface area (Å²) in [6.45, 7) is 2.22. The van der Waals surface area contributed by atoms with E-state index in [2.05, 4.69) is 10.2 Å². The Morgan fingerprint density at radius 3 is 2.50 bits per heavy atom. The van der Waals surface area contributed by atoms with Gasteiger partial charge in [0.05, 0.1) is 24.9 Å². The molecule has 7 heteroatoms. The molecular weight excluding hydrogens is 456 g/mol. The summed E-state index contributed by atoms with van der Waals surface area (Å²) in [7, 11) is 0. The molecule has 2 aliphatic rings. The van der Waals surface area contributed by atoms with Gasteiger partial charge in [-0.15, -0.1) is 0 Å². The number of nitrogens with zero attached hydrogens (tertiary/aromatic N) is 1. The molecule has 0 bridgehead atoms. The molecule has 5 rings (SSSR count). The molecule has 2 aliphatic heterocycles. The zero-order valence-electron chi connectivity index (χ0n) is 20.1. The summed E-state index contributed by atoms with van der Waals surface area (Å²) in [5.74, 6) is -0.175. The van der Waals surface area contributed by atoms with Gasteiger partial charge in [0.15, 0.2) is 6.29 Å². The number of likely N-dealkylation sites (tertiary alicyclic amines) is 1. The number of ether oxygens (including phenoxy) is 2. The summed E-state index contributed by atoms with van der Waals surface area (Å²) in [5, 5.41) is 22.3. The molecule has 1 amide bonds. The second-order valence-corrected chi connectivity index (χ2v) is 9.50. The third-order valence-corrected chi connectivity index (χ3v) is 6.78. The largest absolute Gasteiger partial charge is 0.392 e. The van der Waals surface area contributed by atoms with E-state index in [0.29, 0.717) is 30.8 Å². The lowest BCUT2D eigenvalue weighted by molar-refractivity contribution is -0.252. The molecule has 2 saturated heterocycles. The molecule has 3 aromatic rings. The van der Waals surface area contributed by atoms with Gasteiger partial charge in [0.1, 0.15) is 0 Å². The smallest absolute Gasteiger partial charge is 0.255 e. The lowest BCUT2D eigenvalue weighted by Crippen LogP contribution is -2.38. The van der Waals surface area contributed by atoms with E-state index in [0.717, 1.165) is 29.7 Å². The molecular formula is C29H32N2O5. The van der Waals surface area contributed by atoms with E-state index in [1.54, 1.807) is 12.1 Å². The molecule has 36 heavy (non-hydrogen) atoms. The Labute approximate surface area is 211 Å². The molecule has 0 aliphatic carbocycles. The highest BCUT2D eigenvalue weighted by atomic mass is 16.7. The van der Waals surface area contributed by atoms with E-state index in [1.165, 1.54) is 0 Å². The quantitative estimate of drug-likeness (QED) is 0.465. The molecule has 0 spiro atoms. The predicted octanol–water partition coefficient (Wildman–Crippen LogP) is 4.04. The number of aliphatic hydroxyl groups excluding tert-OH is 2. The van der Waals surface area contributed by atoms with Crippen LogP contribution < -0.4 is 5.32 Å². The minimum Gasteiger partial charge on any atom is -0.392 e. The highest BCUT2D eigenvalue weighted by molar-refractivity contribution is 6.04. The monoisotopic (exact) mass is 488 g/mol. The van der Waals surface area contributed by atoms with Gasteiger partial charge >= 0.3 is 0 Å². The molecule has 3 N–H and O–H groups in total. The van der Waals surface area contributed by atoms with Crippen LogP contribution in [-0.2, 0) is 16.1 Å². The summed E-state index contributed by atoms with van der Waals surface area (Å²) in [4.78, 5) is 14.9. The van der Waals surface area contributed by atoms with Crippen molar-refractivity contribution >= 4 is 11.6 Å². The second kappa shape index (κ2) is 11.3. The van der Waals surface area contributed by atoms with Gasteiger partial charge in [0, 0.05) is 42.9 Å². The average molecular weight is 489 g/mol. The fourth-order valence-corrected chi connectivity index (χ4v) is 4.85. The van der Waals surface area contributed by atoms with Gasteiger partial charge in [0.2, 0.25) is 0 Å². The predicted molar refractivity (Wildman–Crippen MR) is 136 cm³/mol. The Balaban J connectivity index is 1.35. The molecule has 3 aromatic carbocycles. The number of carbonyl (C=O) groups is 1. The SMILES string of the molecule is O=C(Nc1cccc([C@H]2O[C@@H](CN3CC[C@H](O)C3)C[C@@H](c3ccc(CO)cc3)O2)c1)c1ccccc1. The van der Waals surface area contributed by atoms with Gasteiger partial charge in [0.25, 0.3) is 5.91 Å². The van der Waals surface area contributed by atoms with E-state index >= 15 is 0 Å². The number of anilines is 1. The van der Waals surface area contributed by atoms with Crippen LogP contribution in [-0.4, -0.2) is 52.9 Å². The number of amides is 1. The van der Waals surface area contributed by atoms with E-state index in [-0.39, 0.29) is 30.8 Å². The minimum atomic E-state index is -0.604. The van der Waals surface area contributed by atoms with Crippen LogP contribution in [0.3, 0.4) is 0 Å². The van der Waals surface area contributed by atoms with Crippen molar-refractivity contribution in [2.45, 2.75) is 44.1 Å². The van der Waals surface area contributed by atoms with Crippen molar-refractivity contribution in [1.82, 2.24) is 4.90 Å². The molecule has 0 saturated carbocycles. The molecule has 7 nitrogen and oxygen atoms in total. The van der Waals surface area contributed by atoms with Crippen molar-refractivity contribution in [1.29, 1.82) is 0 Å². The Hall–Kier alpha value is -3.07. The van der Waals surface area contributed by atoms with Crippen molar-refractivity contribution in [3.8, 4) is 0 Å². The summed E-state index contributed by atoms with van der Waals surface area (Å²) < 4.78 is 12.8. The Morgan fingerprint density at radius 2 is 1.78 bits per heavy atom. The lowest BCUT2D eigenvalue weighted by atomic mass is 9.99. The Morgan fingerprint density at radius 1 is 0.972 bits per heavy atom. The summed E-state index contributed by atoms with van der Waals surface area (Å²) >= 11 is 0. The van der Waals surface area contributed by atoms with E-state index in [1.807, 2.05) is 66.7 Å². The number of hydrogen-bond donors (Lipinski definition) is 3. The van der Waals surface area contributed by atoms with Crippen molar-refractivity contribution in [2.75, 3.05) is 25.0 Å². The van der Waals surface area contributed by atoms with Crippen LogP contribution in [0.15, 0.2) is 78.9 Å². The van der Waals surface area contributed by atoms with Gasteiger partial charge < -0.3 is 25.0 Å². The summed E-state index contributed by atoms with van der Waals surface area (Å²) in [5.41, 5.74) is 3.96. The number of hydrogen-bond acceptors (Lipinski definition) is 6. The third-order valence-electron chi connectivity index (χ3n) is 6.78. The lowest BCUT2D eigenvalue weighted by Gasteiger charge is -2.38. The Kier molecular flexibility index (Phi) is 7.75. The first-order chi connectivity index (χ1) is 17.6. The molecule has 2 heterocycles. The van der Waals surface area contributed by atoms with Crippen molar-refractivity contribution in [3.63, 3.8) is 0 Å². The summed E-state index contributed by atoms with van der Waals surface area (Å²) in [6.07, 6.45) is 0.309. The van der Waals surface area contributed by atoms with Crippen LogP contribution in [0.5, 0.6) is 0 Å². The first-order valence-corrected chi connectivity index (χ1v) is 12.4. The maximum Gasteiger partial charge on any atom is 0.255 e. The maximum atomic E-state index is 12.6. The van der Waals surface area contributed by atoms with E-state index in [4.69, 9.17) is 9.47 Å². The molecule has 4 atom stereocenters. The molecule has 2 fully saturated rings. The average Bonchev–Trinajstić information content (AvgIpc) is 3.33. The van der Waals surface area contributed by atoms with Gasteiger partial charge in [-0.3, -0.25) is 9.69 Å². The van der Waals surface area contributed by atoms with Crippen LogP contribution in [0.25, 0.3) is 0 Å². The fourth-order valence-electron chi connectivity index (χ4n) is 4.85. The van der Waals surface area contributed by atoms with Gasteiger partial charge in [-0.2, -0.15) is 0 Å². The molecule has 0 aromatic heterocycles. The van der Waals surface area contributed by atoms with Crippen LogP contribution in [0.2, 0.25) is 0 Å². The van der Waals surface area contributed by atoms with Crippen LogP contribution in [0.4, 0.5) is 5.69 Å². The number of benzene rings is 3. The number of carbonyl (C=O) groups excluding carboxylic acids is 1. The highest BCUT2D eigenvalue weighted by Crippen LogP contribution is 2.39. The molecule has 0 radical (unpaired) electrons. The van der Waals surface area contributed by atoms with Crippen molar-refractivity contribution in [2.24, 2.45) is 0 Å². The topological polar surface area (TPSA) is 91.3 Å². The fraction of sp³-hybridized carbons (Fsp3) is 0.345. The van der Waals surface area contributed by atoms with Crippen molar-refractivity contribution in [3.05, 3.63) is 101 Å². The zero-order chi connectivity index (χ0) is 24.9. The van der Waals surface area contributed by atoms with Gasteiger partial charge in [-0.1, -0.05) is 54.6 Å². The van der Waals surface area contributed by atoms with Crippen molar-refractivity contribution < 1.29 is 24.5 Å². The highest BCUT2D eigenvalue weighted by Gasteiger charge is 2.34. The molecule has 0 unspecified atom stereocenters. The first kappa shape index (κ1) is 24.6. The third kappa shape index (κ3) is 6.00. The van der Waals surface area contributed by atoms with E-state index < -0.39 is 6.29 Å². The van der Waals surface area contributed by atoms with E-state index in [9.17, 15) is 15.0 Å². The summed E-state index contributed by atoms with van der Waals surface area (Å²) in [6, 6.07) is 24.5. The second-order valence-electron chi connectivity index (χ2n) is 9.50. The van der Waals surface area contributed by atoms with Crippen LogP contribution in [0.1, 0.15) is 52.3 Å². The number of rotatable bonds is 7. The number of β-amino-alcohol motifs (C(OH)–C–C–N with tert-alkyl or cyclic N) is 1. The zero-order valence-corrected chi connectivity index (χ0v) is 20.1. The maximum absolute atomic E-state index is 12.6. The number of nitrogens with one attached hydrogen (secondary N) is 1. The Bertz CT molecular complexity index is 1150. The van der Waals surface area contributed by atoms with Gasteiger partial charge in [-0.25, -0.2) is 0 Å². The van der Waals surface area contributed by atoms with Crippen LogP contribution >= 0.6 is 0 Å².